The summed E-state index contributed by atoms with van der Waals surface area (Å²) in [6, 6.07) is 25.7. The van der Waals surface area contributed by atoms with Crippen LogP contribution in [0.25, 0.3) is 0 Å². The summed E-state index contributed by atoms with van der Waals surface area (Å²) in [5.41, 5.74) is 0.832. The van der Waals surface area contributed by atoms with E-state index in [0.717, 1.165) is 50.7 Å². The molecule has 0 N–H and O–H groups in total. The summed E-state index contributed by atoms with van der Waals surface area (Å²) in [4.78, 5) is 27.9. The van der Waals surface area contributed by atoms with E-state index in [2.05, 4.69) is 38.2 Å². The Bertz CT molecular complexity index is 1760. The number of hydrogen-bond acceptors (Lipinski definition) is 4. The molecule has 59 heavy (non-hydrogen) atoms. The monoisotopic (exact) mass is 842 g/mol. The number of hydrogen-bond donors (Lipinski definition) is 0. The number of rotatable bonds is 16. The minimum Gasteiger partial charge on any atom is -0.380 e. The molecule has 308 valence electrons. The molecule has 11 heteroatoms. The Morgan fingerprint density at radius 3 is 1.25 bits per heavy atom. The number of nitrogens with zero attached hydrogens (tertiary/aromatic N) is 2. The molecule has 0 saturated heterocycles. The average molecular weight is 843 g/mol. The molecule has 0 bridgehead atoms. The first kappa shape index (κ1) is 50.3. The molecule has 4 aromatic rings. The number of benzene rings is 4. The zero-order chi connectivity index (χ0) is 41.8. The third kappa shape index (κ3) is 19.2. The fraction of sp³-hybridized carbons (Fsp3) is 0.292. The summed E-state index contributed by atoms with van der Waals surface area (Å²) in [6.45, 7) is 6.17. The van der Waals surface area contributed by atoms with Crippen LogP contribution in [0.1, 0.15) is 73.1 Å². The third-order valence-corrected chi connectivity index (χ3v) is 8.17. The van der Waals surface area contributed by atoms with Crippen molar-refractivity contribution in [2.24, 2.45) is 0 Å². The number of unbranched alkanes of at least 4 members (excludes halogenated alkanes) is 2. The second-order valence-electron chi connectivity index (χ2n) is 12.6. The minimum absolute atomic E-state index is 0. The molecule has 0 atom stereocenters. The second kappa shape index (κ2) is 30.2. The number of halogens is 4. The Hall–Kier alpha value is -4.87. The Morgan fingerprint density at radius 1 is 0.576 bits per heavy atom. The predicted molar refractivity (Wildman–Crippen MR) is 221 cm³/mol. The number of carbonyl (C=O) groups is 2. The molecule has 0 spiro atoms. The van der Waals surface area contributed by atoms with Crippen molar-refractivity contribution in [2.75, 3.05) is 49.3 Å². The largest absolute Gasteiger partial charge is 4.00 e. The van der Waals surface area contributed by atoms with Crippen LogP contribution in [0.5, 0.6) is 0 Å². The number of amides is 2. The van der Waals surface area contributed by atoms with Crippen molar-refractivity contribution in [1.82, 2.24) is 0 Å². The molecule has 6 nitrogen and oxygen atoms in total. The van der Waals surface area contributed by atoms with Gasteiger partial charge in [0.05, 0.1) is 13.2 Å². The molecule has 6 rings (SSSR count). The van der Waals surface area contributed by atoms with Gasteiger partial charge in [-0.25, -0.2) is 41.9 Å². The number of carbonyl (C=O) groups excluding carboxylic acids is 2. The van der Waals surface area contributed by atoms with E-state index in [9.17, 15) is 27.2 Å². The van der Waals surface area contributed by atoms with E-state index in [1.165, 1.54) is 21.9 Å². The first-order valence-corrected chi connectivity index (χ1v) is 19.3. The van der Waals surface area contributed by atoms with Gasteiger partial charge in [0.1, 0.15) is 0 Å². The summed E-state index contributed by atoms with van der Waals surface area (Å²) >= 11 is 0. The van der Waals surface area contributed by atoms with Gasteiger partial charge in [-0.15, -0.1) is 49.2 Å². The van der Waals surface area contributed by atoms with Gasteiger partial charge in [-0.3, -0.25) is 21.7 Å². The van der Waals surface area contributed by atoms with Crippen LogP contribution in [0.3, 0.4) is 0 Å². The molecule has 0 unspecified atom stereocenters. The minimum atomic E-state index is -0.896. The quantitative estimate of drug-likeness (QED) is 0.0488. The summed E-state index contributed by atoms with van der Waals surface area (Å²) in [7, 11) is 0. The summed E-state index contributed by atoms with van der Waals surface area (Å²) in [5, 5.41) is 0. The first-order valence-electron chi connectivity index (χ1n) is 19.3. The van der Waals surface area contributed by atoms with E-state index < -0.39 is 23.3 Å². The first-order chi connectivity index (χ1) is 28.3. The van der Waals surface area contributed by atoms with Gasteiger partial charge >= 0.3 is 21.7 Å². The van der Waals surface area contributed by atoms with Crippen molar-refractivity contribution in [1.29, 1.82) is 0 Å². The maximum absolute atomic E-state index is 14.1. The van der Waals surface area contributed by atoms with Crippen LogP contribution in [0, 0.1) is 47.6 Å². The fourth-order valence-electron chi connectivity index (χ4n) is 5.11. The Labute approximate surface area is 361 Å². The fourth-order valence-corrected chi connectivity index (χ4v) is 5.11. The standard InChI is InChI=1S/2C19H20F2NO2.2C5H5.Ti/c2*1-2-3-12-24-13-11-22(18-10-9-16(20)14-17(18)21)19(23)15-7-5-4-6-8-15;2*1-2-4-5-3-1;/h2*4-10H,2-3,11-13H2,1H3;2*1-3H,4H2;/q4*-1;+4. The van der Waals surface area contributed by atoms with Crippen LogP contribution in [-0.2, 0) is 31.2 Å². The molecule has 4 aromatic carbocycles. The van der Waals surface area contributed by atoms with Crippen LogP contribution < -0.4 is 9.80 Å². The van der Waals surface area contributed by atoms with Gasteiger partial charge in [0, 0.05) is 60.7 Å². The topological polar surface area (TPSA) is 59.1 Å². The van der Waals surface area contributed by atoms with E-state index in [0.29, 0.717) is 24.3 Å². The van der Waals surface area contributed by atoms with E-state index in [-0.39, 0.29) is 71.2 Å². The van der Waals surface area contributed by atoms with Crippen molar-refractivity contribution < 1.29 is 58.3 Å². The predicted octanol–water partition coefficient (Wildman–Crippen LogP) is 11.1. The van der Waals surface area contributed by atoms with Crippen molar-refractivity contribution in [3.05, 3.63) is 180 Å². The summed E-state index contributed by atoms with van der Waals surface area (Å²) < 4.78 is 65.3. The number of ether oxygens (including phenoxy) is 2. The molecular formula is C48H50F4N2O4Ti. The molecule has 2 amide bonds. The van der Waals surface area contributed by atoms with Crippen molar-refractivity contribution in [3.63, 3.8) is 0 Å². The van der Waals surface area contributed by atoms with Crippen LogP contribution in [0.2, 0.25) is 0 Å². The van der Waals surface area contributed by atoms with E-state index in [4.69, 9.17) is 9.47 Å². The number of anilines is 2. The van der Waals surface area contributed by atoms with Crippen LogP contribution in [0.15, 0.2) is 121 Å². The molecule has 0 aromatic heterocycles. The average Bonchev–Trinajstić information content (AvgIpc) is 4.03. The Kier molecular flexibility index (Phi) is 25.7. The van der Waals surface area contributed by atoms with Gasteiger partial charge in [0.2, 0.25) is 11.8 Å². The normalized spacial score (nSPS) is 11.6. The molecule has 0 saturated carbocycles. The third-order valence-electron chi connectivity index (χ3n) is 8.17. The van der Waals surface area contributed by atoms with Gasteiger partial charge < -0.3 is 19.3 Å². The van der Waals surface area contributed by atoms with E-state index in [1.807, 2.05) is 36.4 Å². The zero-order valence-corrected chi connectivity index (χ0v) is 35.1. The number of allylic oxidation sites excluding steroid dienone is 8. The van der Waals surface area contributed by atoms with Gasteiger partial charge in [-0.2, -0.15) is 12.2 Å². The van der Waals surface area contributed by atoms with Gasteiger partial charge in [-0.1, -0.05) is 63.1 Å². The van der Waals surface area contributed by atoms with Gasteiger partial charge in [0.25, 0.3) is 0 Å². The molecule has 0 aliphatic heterocycles. The molecule has 2 aliphatic carbocycles. The molecule has 0 radical (unpaired) electrons. The maximum atomic E-state index is 14.1. The zero-order valence-electron chi connectivity index (χ0n) is 33.6. The Morgan fingerprint density at radius 2 is 0.966 bits per heavy atom. The van der Waals surface area contributed by atoms with E-state index >= 15 is 0 Å². The van der Waals surface area contributed by atoms with Crippen LogP contribution in [0.4, 0.5) is 28.9 Å². The Balaban J connectivity index is 0.000000323. The summed E-state index contributed by atoms with van der Waals surface area (Å²) in [6.07, 6.45) is 23.9. The molecule has 0 fully saturated rings. The molecule has 0 heterocycles. The SMILES string of the molecule is CCCCOCCN(C(=O)c1ccccc1)c1ccc(F)[c-]c1F.CCCCOCCN(C(=O)c1ccccc1)c1ccc(F)[c-]c1F.[C-]1=CC=CC1.[C-]1=CC=CC1.[Ti+4]. The van der Waals surface area contributed by atoms with Crippen LogP contribution in [-0.4, -0.2) is 51.3 Å². The van der Waals surface area contributed by atoms with Crippen LogP contribution >= 0.6 is 0 Å². The van der Waals surface area contributed by atoms with Gasteiger partial charge in [-0.05, 0) is 48.5 Å². The van der Waals surface area contributed by atoms with Crippen molar-refractivity contribution in [2.45, 2.75) is 52.4 Å². The van der Waals surface area contributed by atoms with Crippen molar-refractivity contribution >= 4 is 23.2 Å². The van der Waals surface area contributed by atoms with Gasteiger partial charge in [0.15, 0.2) is 0 Å². The second-order valence-corrected chi connectivity index (χ2v) is 12.6. The van der Waals surface area contributed by atoms with E-state index in [1.54, 1.807) is 60.7 Å². The maximum Gasteiger partial charge on any atom is 4.00 e. The molecular weight excluding hydrogens is 792 g/mol. The smallest absolute Gasteiger partial charge is 0.380 e. The molecule has 2 aliphatic rings. The summed E-state index contributed by atoms with van der Waals surface area (Å²) in [5.74, 6) is -4.13. The van der Waals surface area contributed by atoms with Crippen molar-refractivity contribution in [3.8, 4) is 0 Å².